The summed E-state index contributed by atoms with van der Waals surface area (Å²) in [6, 6.07) is 6.78. The zero-order valence-corrected chi connectivity index (χ0v) is 12.3. The number of likely N-dealkylation sites (tertiary alicyclic amines) is 1. The van der Waals surface area contributed by atoms with E-state index in [1.165, 1.54) is 12.1 Å². The van der Waals surface area contributed by atoms with E-state index in [4.69, 9.17) is 4.74 Å². The highest BCUT2D eigenvalue weighted by atomic mass is 19.1. The van der Waals surface area contributed by atoms with Crippen LogP contribution in [-0.2, 0) is 9.53 Å². The third kappa shape index (κ3) is 3.57. The van der Waals surface area contributed by atoms with E-state index in [-0.39, 0.29) is 36.4 Å². The fourth-order valence-electron chi connectivity index (χ4n) is 2.68. The van der Waals surface area contributed by atoms with Crippen LogP contribution in [0, 0.1) is 5.82 Å². The lowest BCUT2D eigenvalue weighted by Crippen LogP contribution is -2.37. The number of rotatable bonds is 4. The predicted molar refractivity (Wildman–Crippen MR) is 76.0 cm³/mol. The number of amides is 1. The van der Waals surface area contributed by atoms with Gasteiger partial charge >= 0.3 is 0 Å². The van der Waals surface area contributed by atoms with Gasteiger partial charge in [-0.2, -0.15) is 0 Å². The van der Waals surface area contributed by atoms with Crippen molar-refractivity contribution in [1.29, 1.82) is 0 Å². The van der Waals surface area contributed by atoms with Crippen LogP contribution in [0.2, 0.25) is 0 Å². The molecule has 0 bridgehead atoms. The quantitative estimate of drug-likeness (QED) is 0.848. The van der Waals surface area contributed by atoms with Crippen LogP contribution in [0.3, 0.4) is 0 Å². The lowest BCUT2D eigenvalue weighted by Gasteiger charge is -2.22. The Bertz CT molecular complexity index is 458. The predicted octanol–water partition coefficient (Wildman–Crippen LogP) is 2.96. The maximum Gasteiger partial charge on any atom is 0.248 e. The van der Waals surface area contributed by atoms with Crippen LogP contribution >= 0.6 is 0 Å². The van der Waals surface area contributed by atoms with Crippen molar-refractivity contribution in [2.45, 2.75) is 45.3 Å². The molecule has 0 aromatic heterocycles. The number of carbonyl (C=O) groups is 1. The fraction of sp³-hybridized carbons (Fsp3) is 0.562. The van der Waals surface area contributed by atoms with Gasteiger partial charge in [0.05, 0.1) is 6.10 Å². The lowest BCUT2D eigenvalue weighted by molar-refractivity contribution is -0.138. The second-order valence-corrected chi connectivity index (χ2v) is 5.74. The Morgan fingerprint density at radius 3 is 2.65 bits per heavy atom. The van der Waals surface area contributed by atoms with Gasteiger partial charge < -0.3 is 9.64 Å². The van der Waals surface area contributed by atoms with Crippen LogP contribution in [0.5, 0.6) is 0 Å². The highest BCUT2D eigenvalue weighted by Crippen LogP contribution is 2.31. The molecule has 1 saturated heterocycles. The summed E-state index contributed by atoms with van der Waals surface area (Å²) in [5.41, 5.74) is 1.10. The molecule has 1 aromatic carbocycles. The van der Waals surface area contributed by atoms with Crippen molar-refractivity contribution in [2.75, 3.05) is 13.2 Å². The van der Waals surface area contributed by atoms with E-state index in [0.29, 0.717) is 6.54 Å². The molecule has 1 amide bonds. The molecule has 1 aliphatic rings. The minimum atomic E-state index is -0.224. The molecular formula is C16H22FNO2. The van der Waals surface area contributed by atoms with E-state index < -0.39 is 0 Å². The molecule has 0 saturated carbocycles. The first kappa shape index (κ1) is 15.0. The summed E-state index contributed by atoms with van der Waals surface area (Å²) < 4.78 is 18.3. The van der Waals surface area contributed by atoms with Crippen LogP contribution < -0.4 is 0 Å². The number of ether oxygens (including phenoxy) is 1. The minimum Gasteiger partial charge on any atom is -0.369 e. The van der Waals surface area contributed by atoms with Crippen molar-refractivity contribution in [3.8, 4) is 0 Å². The van der Waals surface area contributed by atoms with Gasteiger partial charge in [0.25, 0.3) is 0 Å². The summed E-state index contributed by atoms with van der Waals surface area (Å²) in [5, 5.41) is 0. The van der Waals surface area contributed by atoms with E-state index >= 15 is 0 Å². The van der Waals surface area contributed by atoms with Crippen molar-refractivity contribution in [3.05, 3.63) is 35.6 Å². The van der Waals surface area contributed by atoms with Crippen molar-refractivity contribution < 1.29 is 13.9 Å². The number of benzene rings is 1. The highest BCUT2D eigenvalue weighted by Gasteiger charge is 2.33. The third-order valence-electron chi connectivity index (χ3n) is 3.78. The van der Waals surface area contributed by atoms with Gasteiger partial charge in [0.15, 0.2) is 0 Å². The molecule has 4 heteroatoms. The molecule has 0 unspecified atom stereocenters. The van der Waals surface area contributed by atoms with E-state index in [1.54, 1.807) is 0 Å². The monoisotopic (exact) mass is 279 g/mol. The molecule has 3 nitrogen and oxygen atoms in total. The van der Waals surface area contributed by atoms with Crippen molar-refractivity contribution in [3.63, 3.8) is 0 Å². The fourth-order valence-corrected chi connectivity index (χ4v) is 2.68. The van der Waals surface area contributed by atoms with E-state index in [1.807, 2.05) is 30.9 Å². The lowest BCUT2D eigenvalue weighted by atomic mass is 9.97. The summed E-state index contributed by atoms with van der Waals surface area (Å²) in [4.78, 5) is 14.0. The van der Waals surface area contributed by atoms with Crippen LogP contribution in [0.4, 0.5) is 4.39 Å². The third-order valence-corrected chi connectivity index (χ3v) is 3.78. The molecular weight excluding hydrogens is 257 g/mol. The molecule has 1 fully saturated rings. The first-order valence-corrected chi connectivity index (χ1v) is 7.14. The Balaban J connectivity index is 1.98. The summed E-state index contributed by atoms with van der Waals surface area (Å²) in [6.07, 6.45) is 0.976. The van der Waals surface area contributed by atoms with Gasteiger partial charge in [0.2, 0.25) is 5.91 Å². The molecule has 1 aromatic rings. The standard InChI is InChI=1S/C16H22FNO2/c1-11(2)20-10-16(19)18-9-14(8-12(18)3)13-4-6-15(17)7-5-13/h4-7,11-12,14H,8-10H2,1-3H3/t12-,14+/m0/s1. The highest BCUT2D eigenvalue weighted by molar-refractivity contribution is 5.78. The average Bonchev–Trinajstić information content (AvgIpc) is 2.79. The van der Waals surface area contributed by atoms with Gasteiger partial charge in [-0.1, -0.05) is 12.1 Å². The minimum absolute atomic E-state index is 0.0378. The Kier molecular flexibility index (Phi) is 4.76. The largest absolute Gasteiger partial charge is 0.369 e. The second-order valence-electron chi connectivity index (χ2n) is 5.74. The van der Waals surface area contributed by atoms with Gasteiger partial charge in [-0.05, 0) is 44.9 Å². The van der Waals surface area contributed by atoms with Gasteiger partial charge in [-0.15, -0.1) is 0 Å². The second kappa shape index (κ2) is 6.35. The van der Waals surface area contributed by atoms with Crippen molar-refractivity contribution >= 4 is 5.91 Å². The van der Waals surface area contributed by atoms with Gasteiger partial charge in [0.1, 0.15) is 12.4 Å². The summed E-state index contributed by atoms with van der Waals surface area (Å²) in [6.45, 7) is 6.71. The zero-order valence-electron chi connectivity index (χ0n) is 12.3. The van der Waals surface area contributed by atoms with Crippen molar-refractivity contribution in [1.82, 2.24) is 4.90 Å². The first-order valence-electron chi connectivity index (χ1n) is 7.14. The number of hydrogen-bond acceptors (Lipinski definition) is 2. The Hall–Kier alpha value is -1.42. The number of carbonyl (C=O) groups excluding carboxylic acids is 1. The summed E-state index contributed by atoms with van der Waals surface area (Å²) >= 11 is 0. The Labute approximate surface area is 119 Å². The maximum absolute atomic E-state index is 13.0. The topological polar surface area (TPSA) is 29.5 Å². The molecule has 0 aliphatic carbocycles. The number of nitrogens with zero attached hydrogens (tertiary/aromatic N) is 1. The molecule has 0 spiro atoms. The van der Waals surface area contributed by atoms with E-state index in [0.717, 1.165) is 12.0 Å². The van der Waals surface area contributed by atoms with E-state index in [9.17, 15) is 9.18 Å². The van der Waals surface area contributed by atoms with Crippen LogP contribution in [0.1, 0.15) is 38.7 Å². The molecule has 0 radical (unpaired) electrons. The molecule has 2 atom stereocenters. The van der Waals surface area contributed by atoms with Crippen LogP contribution in [0.25, 0.3) is 0 Å². The van der Waals surface area contributed by atoms with Crippen LogP contribution in [-0.4, -0.2) is 36.1 Å². The van der Waals surface area contributed by atoms with Gasteiger partial charge in [-0.25, -0.2) is 4.39 Å². The molecule has 1 heterocycles. The number of halogens is 1. The van der Waals surface area contributed by atoms with Gasteiger partial charge in [0, 0.05) is 18.5 Å². The SMILES string of the molecule is CC(C)OCC(=O)N1C[C@H](c2ccc(F)cc2)C[C@@H]1C. The molecule has 1 aliphatic heterocycles. The zero-order chi connectivity index (χ0) is 14.7. The van der Waals surface area contributed by atoms with E-state index in [2.05, 4.69) is 6.92 Å². The normalized spacial score (nSPS) is 22.6. The maximum atomic E-state index is 13.0. The summed E-state index contributed by atoms with van der Waals surface area (Å²) in [7, 11) is 0. The van der Waals surface area contributed by atoms with Crippen molar-refractivity contribution in [2.24, 2.45) is 0 Å². The Morgan fingerprint density at radius 2 is 2.05 bits per heavy atom. The summed E-state index contributed by atoms with van der Waals surface area (Å²) in [5.74, 6) is 0.0995. The van der Waals surface area contributed by atoms with Crippen LogP contribution in [0.15, 0.2) is 24.3 Å². The molecule has 110 valence electrons. The average molecular weight is 279 g/mol. The Morgan fingerprint density at radius 1 is 1.40 bits per heavy atom. The smallest absolute Gasteiger partial charge is 0.248 e. The molecule has 2 rings (SSSR count). The molecule has 0 N–H and O–H groups in total. The molecule has 20 heavy (non-hydrogen) atoms. The van der Waals surface area contributed by atoms with Gasteiger partial charge in [-0.3, -0.25) is 4.79 Å². The number of hydrogen-bond donors (Lipinski definition) is 0. The first-order chi connectivity index (χ1) is 9.47.